The van der Waals surface area contributed by atoms with Gasteiger partial charge in [-0.05, 0) is 0 Å². The van der Waals surface area contributed by atoms with Crippen molar-refractivity contribution in [2.75, 3.05) is 13.2 Å². The first kappa shape index (κ1) is 12.8. The molecule has 0 aromatic heterocycles. The smallest absolute Gasteiger partial charge is 0.0782 e. The molecule has 0 bridgehead atoms. The van der Waals surface area contributed by atoms with Gasteiger partial charge in [-0.2, -0.15) is 0 Å². The van der Waals surface area contributed by atoms with Gasteiger partial charge in [-0.15, -0.1) is 0 Å². The zero-order valence-electron chi connectivity index (χ0n) is 5.48. The molecule has 0 aliphatic carbocycles. The lowest BCUT2D eigenvalue weighted by atomic mass is 10.7. The van der Waals surface area contributed by atoms with Gasteiger partial charge >= 0.3 is 0 Å². The fourth-order valence-corrected chi connectivity index (χ4v) is 0. The predicted molar refractivity (Wildman–Crippen MR) is 47.2 cm³/mol. The third-order valence-electron chi connectivity index (χ3n) is 0.343. The van der Waals surface area contributed by atoms with Crippen molar-refractivity contribution in [2.24, 2.45) is 0 Å². The second-order valence-electron chi connectivity index (χ2n) is 1.35. The predicted octanol–water partition coefficient (Wildman–Crippen LogP) is 1.62. The Labute approximate surface area is 73.9 Å². The fourth-order valence-electron chi connectivity index (χ4n) is 0. The zero-order chi connectivity index (χ0) is 8.57. The van der Waals surface area contributed by atoms with Crippen LogP contribution >= 0.6 is 27.5 Å². The SMILES string of the molecule is C=C(Br)CO.C=C(Cl)CO. The highest BCUT2D eigenvalue weighted by atomic mass is 79.9. The Balaban J connectivity index is 0. The highest BCUT2D eigenvalue weighted by molar-refractivity contribution is 9.11. The number of hydrogen-bond donors (Lipinski definition) is 2. The third-order valence-corrected chi connectivity index (χ3v) is 0.713. The average molecular weight is 230 g/mol. The molecule has 0 heterocycles. The van der Waals surface area contributed by atoms with Crippen LogP contribution in [-0.4, -0.2) is 23.4 Å². The van der Waals surface area contributed by atoms with E-state index in [4.69, 9.17) is 21.8 Å². The van der Waals surface area contributed by atoms with Crippen molar-refractivity contribution in [1.82, 2.24) is 0 Å². The van der Waals surface area contributed by atoms with Gasteiger partial charge in [0.25, 0.3) is 0 Å². The molecule has 0 atom stereocenters. The second-order valence-corrected chi connectivity index (χ2v) is 3.01. The van der Waals surface area contributed by atoms with E-state index in [1.54, 1.807) is 0 Å². The van der Waals surface area contributed by atoms with Crippen LogP contribution in [0.15, 0.2) is 22.7 Å². The van der Waals surface area contributed by atoms with Crippen LogP contribution in [0.25, 0.3) is 0 Å². The lowest BCUT2D eigenvalue weighted by Gasteiger charge is -1.77. The van der Waals surface area contributed by atoms with Crippen LogP contribution in [0.1, 0.15) is 0 Å². The summed E-state index contributed by atoms with van der Waals surface area (Å²) < 4.78 is 0.623. The summed E-state index contributed by atoms with van der Waals surface area (Å²) in [5.74, 6) is 0. The van der Waals surface area contributed by atoms with E-state index >= 15 is 0 Å². The summed E-state index contributed by atoms with van der Waals surface area (Å²) in [4.78, 5) is 0. The molecule has 4 heteroatoms. The van der Waals surface area contributed by atoms with Crippen LogP contribution in [0.4, 0.5) is 0 Å². The van der Waals surface area contributed by atoms with Gasteiger partial charge < -0.3 is 10.2 Å². The summed E-state index contributed by atoms with van der Waals surface area (Å²) in [5.41, 5.74) is 0. The quantitative estimate of drug-likeness (QED) is 0.755. The summed E-state index contributed by atoms with van der Waals surface area (Å²) in [7, 11) is 0. The van der Waals surface area contributed by atoms with E-state index in [1.807, 2.05) is 0 Å². The van der Waals surface area contributed by atoms with Gasteiger partial charge in [0.05, 0.1) is 13.2 Å². The molecule has 10 heavy (non-hydrogen) atoms. The maximum absolute atomic E-state index is 8.00. The van der Waals surface area contributed by atoms with E-state index in [1.165, 1.54) is 0 Å². The minimum absolute atomic E-state index is 0.0278. The van der Waals surface area contributed by atoms with E-state index in [9.17, 15) is 0 Å². The molecule has 0 rings (SSSR count). The van der Waals surface area contributed by atoms with Crippen molar-refractivity contribution >= 4 is 27.5 Å². The first-order valence-electron chi connectivity index (χ1n) is 2.42. The maximum Gasteiger partial charge on any atom is 0.0782 e. The van der Waals surface area contributed by atoms with Crippen LogP contribution in [0, 0.1) is 0 Å². The first-order chi connectivity index (χ1) is 4.54. The van der Waals surface area contributed by atoms with Crippen molar-refractivity contribution < 1.29 is 10.2 Å². The molecule has 2 N–H and O–H groups in total. The molecule has 0 aromatic carbocycles. The van der Waals surface area contributed by atoms with Gasteiger partial charge in [0.1, 0.15) is 0 Å². The molecule has 0 unspecified atom stereocenters. The summed E-state index contributed by atoms with van der Waals surface area (Å²) in [6.07, 6.45) is 0. The number of aliphatic hydroxyl groups excluding tert-OH is 2. The molecule has 60 valence electrons. The molecule has 0 saturated carbocycles. The van der Waals surface area contributed by atoms with Crippen molar-refractivity contribution in [2.45, 2.75) is 0 Å². The molecule has 0 aromatic rings. The Bertz CT molecular complexity index is 100. The van der Waals surface area contributed by atoms with Gasteiger partial charge in [-0.1, -0.05) is 40.7 Å². The Hall–Kier alpha value is 0.170. The van der Waals surface area contributed by atoms with E-state index in [2.05, 4.69) is 29.1 Å². The van der Waals surface area contributed by atoms with E-state index in [0.29, 0.717) is 4.48 Å². The molecule has 0 aliphatic rings. The zero-order valence-corrected chi connectivity index (χ0v) is 7.82. The van der Waals surface area contributed by atoms with E-state index in [0.717, 1.165) is 0 Å². The van der Waals surface area contributed by atoms with Crippen molar-refractivity contribution in [3.05, 3.63) is 22.7 Å². The number of halogens is 2. The van der Waals surface area contributed by atoms with E-state index < -0.39 is 0 Å². The number of hydrogen-bond acceptors (Lipinski definition) is 2. The molecule has 2 nitrogen and oxygen atoms in total. The lowest BCUT2D eigenvalue weighted by molar-refractivity contribution is 0.339. The summed E-state index contributed by atoms with van der Waals surface area (Å²) in [6, 6.07) is 0. The van der Waals surface area contributed by atoms with Gasteiger partial charge in [0, 0.05) is 9.51 Å². The van der Waals surface area contributed by atoms with Crippen molar-refractivity contribution in [1.29, 1.82) is 0 Å². The summed E-state index contributed by atoms with van der Waals surface area (Å²) >= 11 is 7.95. The van der Waals surface area contributed by atoms with Crippen LogP contribution in [0.3, 0.4) is 0 Å². The topological polar surface area (TPSA) is 40.5 Å². The molecule has 0 amide bonds. The van der Waals surface area contributed by atoms with Gasteiger partial charge in [0.15, 0.2) is 0 Å². The van der Waals surface area contributed by atoms with Crippen LogP contribution in [-0.2, 0) is 0 Å². The normalized spacial score (nSPS) is 7.60. The molecule has 0 saturated heterocycles. The van der Waals surface area contributed by atoms with E-state index in [-0.39, 0.29) is 18.2 Å². The molecule has 0 fully saturated rings. The molecule has 0 aliphatic heterocycles. The number of aliphatic hydroxyl groups is 2. The Morgan fingerprint density at radius 3 is 1.50 bits per heavy atom. The minimum Gasteiger partial charge on any atom is -0.391 e. The standard InChI is InChI=1S/C3H5BrO.C3H5ClO/c2*1-3(4)2-5/h2*5H,1-2H2. The first-order valence-corrected chi connectivity index (χ1v) is 3.60. The Kier molecular flexibility index (Phi) is 11.7. The maximum atomic E-state index is 8.00. The van der Waals surface area contributed by atoms with Crippen molar-refractivity contribution in [3.63, 3.8) is 0 Å². The second kappa shape index (κ2) is 9.17. The largest absolute Gasteiger partial charge is 0.391 e. The average Bonchev–Trinajstić information content (AvgIpc) is 1.89. The fraction of sp³-hybridized carbons (Fsp3) is 0.333. The highest BCUT2D eigenvalue weighted by Crippen LogP contribution is 1.94. The molecular weight excluding hydrogens is 219 g/mol. The number of rotatable bonds is 2. The Morgan fingerprint density at radius 2 is 1.50 bits per heavy atom. The minimum atomic E-state index is -0.123. The summed E-state index contributed by atoms with van der Waals surface area (Å²) in [5, 5.41) is 16.2. The van der Waals surface area contributed by atoms with Crippen LogP contribution < -0.4 is 0 Å². The van der Waals surface area contributed by atoms with Gasteiger partial charge in [-0.3, -0.25) is 0 Å². The molecular formula is C6H10BrClO2. The monoisotopic (exact) mass is 228 g/mol. The van der Waals surface area contributed by atoms with Crippen LogP contribution in [0.2, 0.25) is 0 Å². The summed E-state index contributed by atoms with van der Waals surface area (Å²) in [6.45, 7) is 6.43. The van der Waals surface area contributed by atoms with Crippen LogP contribution in [0.5, 0.6) is 0 Å². The van der Waals surface area contributed by atoms with Crippen molar-refractivity contribution in [3.8, 4) is 0 Å². The lowest BCUT2D eigenvalue weighted by Crippen LogP contribution is -1.73. The van der Waals surface area contributed by atoms with Gasteiger partial charge in [-0.25, -0.2) is 0 Å². The van der Waals surface area contributed by atoms with Gasteiger partial charge in [0.2, 0.25) is 0 Å². The highest BCUT2D eigenvalue weighted by Gasteiger charge is 1.73. The molecule has 0 radical (unpaired) electrons. The molecule has 0 spiro atoms. The Morgan fingerprint density at radius 1 is 1.30 bits per heavy atom. The third kappa shape index (κ3) is 24.2.